The molecule has 3 aromatic rings. The second kappa shape index (κ2) is 6.85. The number of carbonyl (C=O) groups excluding carboxylic acids is 1. The Labute approximate surface area is 153 Å². The Balaban J connectivity index is 1.41. The lowest BCUT2D eigenvalue weighted by molar-refractivity contribution is -0.120. The number of carbonyl (C=O) groups is 1. The molecule has 6 nitrogen and oxygen atoms in total. The van der Waals surface area contributed by atoms with Crippen LogP contribution in [0.5, 0.6) is 11.5 Å². The normalized spacial score (nSPS) is 13.0. The van der Waals surface area contributed by atoms with Gasteiger partial charge in [0.2, 0.25) is 5.91 Å². The van der Waals surface area contributed by atoms with Gasteiger partial charge in [-0.05, 0) is 29.3 Å². The summed E-state index contributed by atoms with van der Waals surface area (Å²) in [5.74, 6) is 1.13. The average Bonchev–Trinajstić information content (AvgIpc) is 3.08. The van der Waals surface area contributed by atoms with Gasteiger partial charge in [0, 0.05) is 17.6 Å². The van der Waals surface area contributed by atoms with Crippen LogP contribution >= 0.6 is 23.3 Å². The van der Waals surface area contributed by atoms with E-state index in [-0.39, 0.29) is 12.3 Å². The van der Waals surface area contributed by atoms with Crippen molar-refractivity contribution in [1.82, 2.24) is 14.1 Å². The molecule has 128 valence electrons. The SMILES string of the molecule is O=C(Cc1cc2c(cc1Cl)OCCO2)NCc1ccc2nsnc2c1. The minimum absolute atomic E-state index is 0.116. The van der Waals surface area contributed by atoms with E-state index in [1.807, 2.05) is 18.2 Å². The number of fused-ring (bicyclic) bond motifs is 2. The maximum atomic E-state index is 12.3. The highest BCUT2D eigenvalue weighted by Crippen LogP contribution is 2.35. The molecule has 0 aliphatic carbocycles. The standard InChI is InChI=1S/C17H14ClN3O3S/c18-12-8-16-15(23-3-4-24-16)6-11(12)7-17(22)19-9-10-1-2-13-14(5-10)21-25-20-13/h1-2,5-6,8H,3-4,7,9H2,(H,19,22). The molecule has 0 radical (unpaired) electrons. The predicted octanol–water partition coefficient (Wildman–Crippen LogP) is 2.97. The Morgan fingerprint density at radius 1 is 1.12 bits per heavy atom. The lowest BCUT2D eigenvalue weighted by Crippen LogP contribution is -2.25. The first-order valence-corrected chi connectivity index (χ1v) is 8.86. The van der Waals surface area contributed by atoms with Gasteiger partial charge in [0.15, 0.2) is 11.5 Å². The predicted molar refractivity (Wildman–Crippen MR) is 95.4 cm³/mol. The zero-order valence-corrected chi connectivity index (χ0v) is 14.7. The van der Waals surface area contributed by atoms with Crippen molar-refractivity contribution in [2.24, 2.45) is 0 Å². The van der Waals surface area contributed by atoms with Gasteiger partial charge in [0.1, 0.15) is 24.2 Å². The van der Waals surface area contributed by atoms with Crippen molar-refractivity contribution in [3.8, 4) is 11.5 Å². The monoisotopic (exact) mass is 375 g/mol. The van der Waals surface area contributed by atoms with Crippen LogP contribution in [0.15, 0.2) is 30.3 Å². The van der Waals surface area contributed by atoms with Gasteiger partial charge in [-0.15, -0.1) is 0 Å². The van der Waals surface area contributed by atoms with Crippen molar-refractivity contribution >= 4 is 40.3 Å². The third kappa shape index (κ3) is 3.52. The summed E-state index contributed by atoms with van der Waals surface area (Å²) in [4.78, 5) is 12.3. The van der Waals surface area contributed by atoms with Crippen molar-refractivity contribution < 1.29 is 14.3 Å². The summed E-state index contributed by atoms with van der Waals surface area (Å²) in [6.45, 7) is 1.42. The van der Waals surface area contributed by atoms with Crippen LogP contribution in [0.2, 0.25) is 5.02 Å². The second-order valence-electron chi connectivity index (χ2n) is 5.63. The molecule has 0 bridgehead atoms. The Kier molecular flexibility index (Phi) is 4.42. The molecule has 0 saturated carbocycles. The lowest BCUT2D eigenvalue weighted by atomic mass is 10.1. The summed E-state index contributed by atoms with van der Waals surface area (Å²) in [5.41, 5.74) is 3.39. The maximum Gasteiger partial charge on any atom is 0.224 e. The number of halogens is 1. The molecule has 4 rings (SSSR count). The number of nitrogens with one attached hydrogen (secondary N) is 1. The largest absolute Gasteiger partial charge is 0.486 e. The summed E-state index contributed by atoms with van der Waals surface area (Å²) in [7, 11) is 0. The first-order chi connectivity index (χ1) is 12.2. The molecule has 1 amide bonds. The molecule has 2 aromatic carbocycles. The van der Waals surface area contributed by atoms with Crippen LogP contribution < -0.4 is 14.8 Å². The second-order valence-corrected chi connectivity index (χ2v) is 6.56. The third-order valence-corrected chi connectivity index (χ3v) is 4.78. The summed E-state index contributed by atoms with van der Waals surface area (Å²) in [6.07, 6.45) is 0.177. The molecule has 0 saturated heterocycles. The van der Waals surface area contributed by atoms with Gasteiger partial charge in [-0.25, -0.2) is 0 Å². The van der Waals surface area contributed by atoms with Crippen molar-refractivity contribution in [3.05, 3.63) is 46.5 Å². The fourth-order valence-corrected chi connectivity index (χ4v) is 3.35. The number of aromatic nitrogens is 2. The summed E-state index contributed by atoms with van der Waals surface area (Å²) in [5, 5.41) is 3.39. The first kappa shape index (κ1) is 16.1. The van der Waals surface area contributed by atoms with E-state index < -0.39 is 0 Å². The van der Waals surface area contributed by atoms with Crippen LogP contribution in [-0.4, -0.2) is 27.9 Å². The molecule has 1 aliphatic rings. The minimum atomic E-state index is -0.116. The molecular formula is C17H14ClN3O3S. The van der Waals surface area contributed by atoms with Gasteiger partial charge in [0.25, 0.3) is 0 Å². The van der Waals surface area contributed by atoms with Crippen LogP contribution in [0.1, 0.15) is 11.1 Å². The molecule has 25 heavy (non-hydrogen) atoms. The van der Waals surface area contributed by atoms with Crippen LogP contribution in [0.3, 0.4) is 0 Å². The molecule has 0 fully saturated rings. The topological polar surface area (TPSA) is 73.3 Å². The van der Waals surface area contributed by atoms with Crippen molar-refractivity contribution in [2.45, 2.75) is 13.0 Å². The molecule has 1 N–H and O–H groups in total. The first-order valence-electron chi connectivity index (χ1n) is 7.75. The number of hydrogen-bond acceptors (Lipinski definition) is 6. The molecule has 1 aromatic heterocycles. The van der Waals surface area contributed by atoms with Gasteiger partial charge >= 0.3 is 0 Å². The zero-order chi connectivity index (χ0) is 17.2. The quantitative estimate of drug-likeness (QED) is 0.758. The number of benzene rings is 2. The van der Waals surface area contributed by atoms with Gasteiger partial charge in [-0.3, -0.25) is 4.79 Å². The van der Waals surface area contributed by atoms with E-state index >= 15 is 0 Å². The van der Waals surface area contributed by atoms with Crippen LogP contribution in [-0.2, 0) is 17.8 Å². The van der Waals surface area contributed by atoms with Crippen molar-refractivity contribution in [2.75, 3.05) is 13.2 Å². The summed E-state index contributed by atoms with van der Waals surface area (Å²) < 4.78 is 19.4. The maximum absolute atomic E-state index is 12.3. The highest BCUT2D eigenvalue weighted by atomic mass is 35.5. The molecule has 0 atom stereocenters. The highest BCUT2D eigenvalue weighted by molar-refractivity contribution is 7.00. The number of rotatable bonds is 4. The zero-order valence-electron chi connectivity index (χ0n) is 13.1. The molecule has 0 spiro atoms. The van der Waals surface area contributed by atoms with E-state index in [1.165, 1.54) is 11.7 Å². The van der Waals surface area contributed by atoms with E-state index in [0.717, 1.165) is 16.6 Å². The van der Waals surface area contributed by atoms with Gasteiger partial charge < -0.3 is 14.8 Å². The van der Waals surface area contributed by atoms with E-state index in [1.54, 1.807) is 12.1 Å². The fourth-order valence-electron chi connectivity index (χ4n) is 2.62. The number of nitrogens with zero attached hydrogens (tertiary/aromatic N) is 2. The highest BCUT2D eigenvalue weighted by Gasteiger charge is 2.16. The smallest absolute Gasteiger partial charge is 0.224 e. The van der Waals surface area contributed by atoms with Crippen molar-refractivity contribution in [1.29, 1.82) is 0 Å². The summed E-state index contributed by atoms with van der Waals surface area (Å²) in [6, 6.07) is 9.22. The molecule has 1 aliphatic heterocycles. The summed E-state index contributed by atoms with van der Waals surface area (Å²) >= 11 is 7.42. The van der Waals surface area contributed by atoms with Crippen LogP contribution in [0.25, 0.3) is 11.0 Å². The Bertz CT molecular complexity index is 944. The Hall–Kier alpha value is -2.38. The number of amides is 1. The van der Waals surface area contributed by atoms with Gasteiger partial charge in [-0.1, -0.05) is 17.7 Å². The van der Waals surface area contributed by atoms with E-state index in [0.29, 0.717) is 41.8 Å². The Morgan fingerprint density at radius 3 is 2.72 bits per heavy atom. The molecule has 8 heteroatoms. The minimum Gasteiger partial charge on any atom is -0.486 e. The molecule has 2 heterocycles. The lowest BCUT2D eigenvalue weighted by Gasteiger charge is -2.19. The average molecular weight is 376 g/mol. The van der Waals surface area contributed by atoms with Crippen molar-refractivity contribution in [3.63, 3.8) is 0 Å². The number of hydrogen-bond donors (Lipinski definition) is 1. The number of ether oxygens (including phenoxy) is 2. The molecular weight excluding hydrogens is 362 g/mol. The van der Waals surface area contributed by atoms with E-state index in [2.05, 4.69) is 14.1 Å². The van der Waals surface area contributed by atoms with Gasteiger partial charge in [0.05, 0.1) is 18.1 Å². The van der Waals surface area contributed by atoms with E-state index in [4.69, 9.17) is 21.1 Å². The van der Waals surface area contributed by atoms with E-state index in [9.17, 15) is 4.79 Å². The van der Waals surface area contributed by atoms with Crippen LogP contribution in [0, 0.1) is 0 Å². The molecule has 0 unspecified atom stereocenters. The Morgan fingerprint density at radius 2 is 1.88 bits per heavy atom. The van der Waals surface area contributed by atoms with Crippen LogP contribution in [0.4, 0.5) is 0 Å². The fraction of sp³-hybridized carbons (Fsp3) is 0.235. The third-order valence-electron chi connectivity index (χ3n) is 3.87. The van der Waals surface area contributed by atoms with Gasteiger partial charge in [-0.2, -0.15) is 8.75 Å².